The van der Waals surface area contributed by atoms with Crippen molar-refractivity contribution in [1.82, 2.24) is 15.5 Å². The van der Waals surface area contributed by atoms with E-state index in [2.05, 4.69) is 28.5 Å². The number of aliphatic hydroxyl groups excluding tert-OH is 1. The molecule has 3 N–H and O–H groups in total. The van der Waals surface area contributed by atoms with Gasteiger partial charge in [-0.2, -0.15) is 0 Å². The van der Waals surface area contributed by atoms with Crippen molar-refractivity contribution in [2.45, 2.75) is 25.8 Å². The number of aliphatic hydroxyl groups is 1. The lowest BCUT2D eigenvalue weighted by Gasteiger charge is -2.35. The number of halogens is 2. The second kappa shape index (κ2) is 13.8. The molecule has 2 atom stereocenters. The van der Waals surface area contributed by atoms with E-state index in [1.54, 1.807) is 0 Å². The first-order valence-electron chi connectivity index (χ1n) is 10.9. The third-order valence-corrected chi connectivity index (χ3v) is 6.16. The van der Waals surface area contributed by atoms with Crippen molar-refractivity contribution in [2.24, 2.45) is 10.4 Å². The van der Waals surface area contributed by atoms with E-state index in [4.69, 9.17) is 26.1 Å². The smallest absolute Gasteiger partial charge is 0.191 e. The molecule has 3 rings (SSSR count). The molecular formula is C22H36ClIN4O3. The highest BCUT2D eigenvalue weighted by atomic mass is 127. The Morgan fingerprint density at radius 1 is 1.26 bits per heavy atom. The topological polar surface area (TPSA) is 78.4 Å². The molecule has 2 saturated heterocycles. The maximum atomic E-state index is 9.47. The lowest BCUT2D eigenvalue weighted by atomic mass is 9.84. The van der Waals surface area contributed by atoms with Crippen LogP contribution in [0.15, 0.2) is 29.3 Å². The maximum absolute atomic E-state index is 9.47. The van der Waals surface area contributed by atoms with Gasteiger partial charge in [0.25, 0.3) is 0 Å². The van der Waals surface area contributed by atoms with E-state index < -0.39 is 0 Å². The van der Waals surface area contributed by atoms with Gasteiger partial charge < -0.3 is 25.2 Å². The molecule has 2 fully saturated rings. The summed E-state index contributed by atoms with van der Waals surface area (Å²) < 4.78 is 11.1. The number of aliphatic imine (C=N–C) groups is 1. The summed E-state index contributed by atoms with van der Waals surface area (Å²) in [6.07, 6.45) is 1.66. The lowest BCUT2D eigenvalue weighted by molar-refractivity contribution is 0.0170. The molecule has 2 aliphatic rings. The predicted octanol–water partition coefficient (Wildman–Crippen LogP) is 2.68. The molecule has 0 bridgehead atoms. The van der Waals surface area contributed by atoms with E-state index in [9.17, 15) is 5.11 Å². The summed E-state index contributed by atoms with van der Waals surface area (Å²) in [5, 5.41) is 17.1. The Labute approximate surface area is 207 Å². The monoisotopic (exact) mass is 566 g/mol. The molecule has 2 unspecified atom stereocenters. The minimum atomic E-state index is -0.0618. The average Bonchev–Trinajstić information content (AvgIpc) is 3.22. The average molecular weight is 567 g/mol. The number of hydrogen-bond donors (Lipinski definition) is 3. The molecule has 0 amide bonds. The van der Waals surface area contributed by atoms with E-state index >= 15 is 0 Å². The van der Waals surface area contributed by atoms with Crippen LogP contribution in [0.3, 0.4) is 0 Å². The molecule has 0 radical (unpaired) electrons. The van der Waals surface area contributed by atoms with Crippen LogP contribution in [0.2, 0.25) is 5.02 Å². The van der Waals surface area contributed by atoms with Crippen molar-refractivity contribution in [3.05, 3.63) is 34.9 Å². The quantitative estimate of drug-likeness (QED) is 0.242. The van der Waals surface area contributed by atoms with Gasteiger partial charge in [0, 0.05) is 49.8 Å². The second-order valence-electron chi connectivity index (χ2n) is 8.07. The van der Waals surface area contributed by atoms with Crippen LogP contribution in [0.4, 0.5) is 0 Å². The molecular weight excluding hydrogens is 531 g/mol. The summed E-state index contributed by atoms with van der Waals surface area (Å²) in [7, 11) is 0. The van der Waals surface area contributed by atoms with E-state index in [-0.39, 0.29) is 42.0 Å². The zero-order valence-electron chi connectivity index (χ0n) is 18.3. The number of benzene rings is 1. The predicted molar refractivity (Wildman–Crippen MR) is 136 cm³/mol. The fourth-order valence-corrected chi connectivity index (χ4v) is 4.33. The highest BCUT2D eigenvalue weighted by Gasteiger charge is 2.34. The van der Waals surface area contributed by atoms with Crippen molar-refractivity contribution < 1.29 is 14.6 Å². The highest BCUT2D eigenvalue weighted by molar-refractivity contribution is 14.0. The first-order valence-corrected chi connectivity index (χ1v) is 11.3. The summed E-state index contributed by atoms with van der Waals surface area (Å²) in [5.74, 6) is 0.794. The Morgan fingerprint density at radius 3 is 2.71 bits per heavy atom. The Balaban J connectivity index is 0.00000341. The largest absolute Gasteiger partial charge is 0.396 e. The Kier molecular flexibility index (Phi) is 11.8. The molecule has 7 nitrogen and oxygen atoms in total. The molecule has 0 spiro atoms. The standard InChI is InChI=1S/C22H35ClN4O3.HI/c1-2-24-21(26-16-22(6-10-28)7-11-30-17-22)25-15-20(27-8-12-29-13-9-27)18-4-3-5-19(23)14-18;/h3-5,14,20,28H,2,6-13,15-17H2,1H3,(H2,24,25,26);1H. The van der Waals surface area contributed by atoms with Gasteiger partial charge in [-0.3, -0.25) is 9.89 Å². The van der Waals surface area contributed by atoms with Crippen molar-refractivity contribution in [1.29, 1.82) is 0 Å². The van der Waals surface area contributed by atoms with E-state index in [0.717, 1.165) is 69.8 Å². The van der Waals surface area contributed by atoms with E-state index in [1.807, 2.05) is 18.2 Å². The Hall–Kier alpha value is -0.650. The maximum Gasteiger partial charge on any atom is 0.191 e. The number of hydrogen-bond acceptors (Lipinski definition) is 5. The molecule has 2 heterocycles. The number of nitrogens with one attached hydrogen (secondary N) is 2. The van der Waals surface area contributed by atoms with Gasteiger partial charge in [0.2, 0.25) is 0 Å². The zero-order chi connectivity index (χ0) is 21.2. The van der Waals surface area contributed by atoms with Crippen LogP contribution >= 0.6 is 35.6 Å². The van der Waals surface area contributed by atoms with Crippen LogP contribution in [0.25, 0.3) is 0 Å². The number of rotatable bonds is 9. The minimum Gasteiger partial charge on any atom is -0.396 e. The van der Waals surface area contributed by atoms with Crippen LogP contribution in [0.5, 0.6) is 0 Å². The first kappa shape index (κ1) is 26.6. The number of nitrogens with zero attached hydrogens (tertiary/aromatic N) is 2. The molecule has 1 aromatic carbocycles. The van der Waals surface area contributed by atoms with Crippen LogP contribution in [-0.4, -0.2) is 81.7 Å². The van der Waals surface area contributed by atoms with E-state index in [0.29, 0.717) is 13.2 Å². The third kappa shape index (κ3) is 8.01. The minimum absolute atomic E-state index is 0. The van der Waals surface area contributed by atoms with E-state index in [1.165, 1.54) is 5.56 Å². The van der Waals surface area contributed by atoms with Gasteiger partial charge in [-0.1, -0.05) is 23.7 Å². The Bertz CT molecular complexity index is 682. The van der Waals surface area contributed by atoms with Gasteiger partial charge in [0.05, 0.1) is 32.4 Å². The molecule has 1 aromatic rings. The van der Waals surface area contributed by atoms with Crippen molar-refractivity contribution in [3.63, 3.8) is 0 Å². The van der Waals surface area contributed by atoms with Crippen LogP contribution in [-0.2, 0) is 9.47 Å². The van der Waals surface area contributed by atoms with Gasteiger partial charge in [0.1, 0.15) is 0 Å². The summed E-state index contributed by atoms with van der Waals surface area (Å²) >= 11 is 6.28. The number of guanidine groups is 1. The SMILES string of the molecule is CCNC(=NCC1(CCO)CCOC1)NCC(c1cccc(Cl)c1)N1CCOCC1.I. The van der Waals surface area contributed by atoms with Gasteiger partial charge in [-0.25, -0.2) is 0 Å². The highest BCUT2D eigenvalue weighted by Crippen LogP contribution is 2.32. The summed E-state index contributed by atoms with van der Waals surface area (Å²) in [5.41, 5.74) is 1.13. The molecule has 9 heteroatoms. The molecule has 176 valence electrons. The normalized spacial score (nSPS) is 23.3. The Morgan fingerprint density at radius 2 is 2.06 bits per heavy atom. The lowest BCUT2D eigenvalue weighted by Crippen LogP contribution is -2.46. The van der Waals surface area contributed by atoms with Gasteiger partial charge in [0.15, 0.2) is 5.96 Å². The number of morpholine rings is 1. The van der Waals surface area contributed by atoms with Gasteiger partial charge >= 0.3 is 0 Å². The number of ether oxygens (including phenoxy) is 2. The summed E-state index contributed by atoms with van der Waals surface area (Å²) in [6.45, 7) is 9.05. The van der Waals surface area contributed by atoms with Crippen LogP contribution in [0, 0.1) is 5.41 Å². The fraction of sp³-hybridized carbons (Fsp3) is 0.682. The fourth-order valence-electron chi connectivity index (χ4n) is 4.13. The molecule has 0 saturated carbocycles. The van der Waals surface area contributed by atoms with Crippen LogP contribution in [0.1, 0.15) is 31.4 Å². The molecule has 0 aromatic heterocycles. The van der Waals surface area contributed by atoms with Crippen molar-refractivity contribution in [3.8, 4) is 0 Å². The van der Waals surface area contributed by atoms with Crippen molar-refractivity contribution in [2.75, 3.05) is 65.8 Å². The summed E-state index contributed by atoms with van der Waals surface area (Å²) in [4.78, 5) is 7.28. The van der Waals surface area contributed by atoms with Crippen molar-refractivity contribution >= 4 is 41.5 Å². The molecule has 2 aliphatic heterocycles. The third-order valence-electron chi connectivity index (χ3n) is 5.93. The first-order chi connectivity index (χ1) is 14.7. The summed E-state index contributed by atoms with van der Waals surface area (Å²) in [6, 6.07) is 8.26. The second-order valence-corrected chi connectivity index (χ2v) is 8.51. The van der Waals surface area contributed by atoms with Crippen LogP contribution < -0.4 is 10.6 Å². The van der Waals surface area contributed by atoms with Gasteiger partial charge in [-0.05, 0) is 37.5 Å². The zero-order valence-corrected chi connectivity index (χ0v) is 21.4. The molecule has 0 aliphatic carbocycles. The molecule has 31 heavy (non-hydrogen) atoms. The van der Waals surface area contributed by atoms with Gasteiger partial charge in [-0.15, -0.1) is 24.0 Å².